The number of aromatic nitrogens is 2. The monoisotopic (exact) mass is 326 g/mol. The number of benzene rings is 1. The predicted octanol–water partition coefficient (Wildman–Crippen LogP) is 2.98. The molecule has 5 nitrogen and oxygen atoms in total. The highest BCUT2D eigenvalue weighted by Crippen LogP contribution is 2.28. The maximum Gasteiger partial charge on any atom is 0.431 e. The zero-order chi connectivity index (χ0) is 17.0. The van der Waals surface area contributed by atoms with Crippen LogP contribution in [0.5, 0.6) is 11.5 Å². The van der Waals surface area contributed by atoms with E-state index in [2.05, 4.69) is 4.98 Å². The van der Waals surface area contributed by atoms with Crippen molar-refractivity contribution in [2.45, 2.75) is 6.18 Å². The Morgan fingerprint density at radius 3 is 2.48 bits per heavy atom. The molecule has 0 fully saturated rings. The van der Waals surface area contributed by atoms with E-state index in [0.29, 0.717) is 17.1 Å². The summed E-state index contributed by atoms with van der Waals surface area (Å²) >= 11 is 0. The van der Waals surface area contributed by atoms with E-state index >= 15 is 0 Å². The van der Waals surface area contributed by atoms with Crippen molar-refractivity contribution < 1.29 is 22.6 Å². The summed E-state index contributed by atoms with van der Waals surface area (Å²) in [4.78, 5) is 16.4. The minimum atomic E-state index is -4.65. The number of alkyl halides is 3. The van der Waals surface area contributed by atoms with Gasteiger partial charge in [0.05, 0.1) is 19.9 Å². The molecule has 23 heavy (non-hydrogen) atoms. The number of hydrogen-bond acceptors (Lipinski definition) is 4. The van der Waals surface area contributed by atoms with Gasteiger partial charge in [0.1, 0.15) is 17.2 Å². The van der Waals surface area contributed by atoms with Gasteiger partial charge in [-0.1, -0.05) is 0 Å². The number of hydrogen-bond donors (Lipinski definition) is 1. The first-order chi connectivity index (χ1) is 10.8. The van der Waals surface area contributed by atoms with Crippen molar-refractivity contribution in [3.63, 3.8) is 0 Å². The van der Waals surface area contributed by atoms with Crippen LogP contribution in [0.3, 0.4) is 0 Å². The Labute approximate surface area is 129 Å². The van der Waals surface area contributed by atoms with E-state index in [-0.39, 0.29) is 5.69 Å². The number of aromatic amines is 1. The molecule has 0 spiro atoms. The Balaban J connectivity index is 2.37. The summed E-state index contributed by atoms with van der Waals surface area (Å²) in [5, 5.41) is 0. The van der Waals surface area contributed by atoms with Crippen LogP contribution in [-0.4, -0.2) is 24.2 Å². The van der Waals surface area contributed by atoms with Crippen molar-refractivity contribution in [3.05, 3.63) is 51.7 Å². The minimum Gasteiger partial charge on any atom is -0.497 e. The molecule has 8 heteroatoms. The molecule has 0 amide bonds. The van der Waals surface area contributed by atoms with E-state index in [4.69, 9.17) is 9.47 Å². The SMILES string of the molecule is COc1ccc(/C=C/c2cc(C(F)(F)F)[nH]c(=O)n2)c(OC)c1. The second-order valence-electron chi connectivity index (χ2n) is 4.46. The molecule has 1 N–H and O–H groups in total. The lowest BCUT2D eigenvalue weighted by atomic mass is 10.1. The Bertz CT molecular complexity index is 782. The van der Waals surface area contributed by atoms with Gasteiger partial charge in [0.25, 0.3) is 0 Å². The van der Waals surface area contributed by atoms with Gasteiger partial charge in [-0.25, -0.2) is 4.79 Å². The molecule has 0 aliphatic carbocycles. The number of ether oxygens (including phenoxy) is 2. The van der Waals surface area contributed by atoms with Gasteiger partial charge in [-0.3, -0.25) is 0 Å². The standard InChI is InChI=1S/C15H13F3N2O3/c1-22-11-6-4-9(12(8-11)23-2)3-5-10-7-13(15(16,17)18)20-14(21)19-10/h3-8H,1-2H3,(H,19,20,21)/b5-3+. The van der Waals surface area contributed by atoms with Crippen LogP contribution in [0, 0.1) is 0 Å². The van der Waals surface area contributed by atoms with Crippen molar-refractivity contribution >= 4 is 12.2 Å². The third kappa shape index (κ3) is 4.12. The summed E-state index contributed by atoms with van der Waals surface area (Å²) in [7, 11) is 2.96. The average Bonchev–Trinajstić information content (AvgIpc) is 2.51. The van der Waals surface area contributed by atoms with Crippen LogP contribution in [0.15, 0.2) is 29.1 Å². The van der Waals surface area contributed by atoms with E-state index in [0.717, 1.165) is 6.07 Å². The maximum absolute atomic E-state index is 12.7. The molecule has 0 aliphatic rings. The number of H-pyrrole nitrogens is 1. The van der Waals surface area contributed by atoms with Crippen molar-refractivity contribution in [2.24, 2.45) is 0 Å². The molecule has 1 aromatic heterocycles. The first-order valence-electron chi connectivity index (χ1n) is 6.42. The second kappa shape index (κ2) is 6.55. The van der Waals surface area contributed by atoms with Crippen LogP contribution >= 0.6 is 0 Å². The lowest BCUT2D eigenvalue weighted by Crippen LogP contribution is -2.19. The second-order valence-corrected chi connectivity index (χ2v) is 4.46. The van der Waals surface area contributed by atoms with Gasteiger partial charge in [-0.2, -0.15) is 18.2 Å². The van der Waals surface area contributed by atoms with Crippen LogP contribution in [-0.2, 0) is 6.18 Å². The molecule has 1 heterocycles. The van der Waals surface area contributed by atoms with E-state index in [1.165, 1.54) is 26.4 Å². The Hall–Kier alpha value is -2.77. The Kier molecular flexibility index (Phi) is 4.73. The number of methoxy groups -OCH3 is 2. The van der Waals surface area contributed by atoms with E-state index < -0.39 is 17.6 Å². The van der Waals surface area contributed by atoms with Crippen molar-refractivity contribution in [1.29, 1.82) is 0 Å². The molecule has 0 unspecified atom stereocenters. The third-order valence-corrected chi connectivity index (χ3v) is 2.94. The van der Waals surface area contributed by atoms with Crippen molar-refractivity contribution in [3.8, 4) is 11.5 Å². The first-order valence-corrected chi connectivity index (χ1v) is 6.42. The average molecular weight is 326 g/mol. The number of rotatable bonds is 4. The largest absolute Gasteiger partial charge is 0.497 e. The molecule has 2 rings (SSSR count). The van der Waals surface area contributed by atoms with Gasteiger partial charge < -0.3 is 14.5 Å². The molecule has 0 bridgehead atoms. The van der Waals surface area contributed by atoms with Crippen LogP contribution < -0.4 is 15.2 Å². The van der Waals surface area contributed by atoms with E-state index in [9.17, 15) is 18.0 Å². The van der Waals surface area contributed by atoms with Crippen LogP contribution in [0.1, 0.15) is 17.0 Å². The number of nitrogens with zero attached hydrogens (tertiary/aromatic N) is 1. The molecule has 1 aromatic carbocycles. The van der Waals surface area contributed by atoms with Crippen LogP contribution in [0.2, 0.25) is 0 Å². The molecule has 0 atom stereocenters. The summed E-state index contributed by atoms with van der Waals surface area (Å²) in [6, 6.07) is 5.74. The smallest absolute Gasteiger partial charge is 0.431 e. The van der Waals surface area contributed by atoms with Gasteiger partial charge in [-0.15, -0.1) is 0 Å². The highest BCUT2D eigenvalue weighted by molar-refractivity contribution is 5.72. The van der Waals surface area contributed by atoms with Gasteiger partial charge in [0.15, 0.2) is 0 Å². The summed E-state index contributed by atoms with van der Waals surface area (Å²) in [5.41, 5.74) is -1.73. The van der Waals surface area contributed by atoms with Gasteiger partial charge >= 0.3 is 11.9 Å². The number of halogens is 3. The van der Waals surface area contributed by atoms with Crippen LogP contribution in [0.25, 0.3) is 12.2 Å². The third-order valence-electron chi connectivity index (χ3n) is 2.94. The fourth-order valence-corrected chi connectivity index (χ4v) is 1.85. The predicted molar refractivity (Wildman–Crippen MR) is 78.3 cm³/mol. The van der Waals surface area contributed by atoms with Crippen LogP contribution in [0.4, 0.5) is 13.2 Å². The van der Waals surface area contributed by atoms with Gasteiger partial charge in [0, 0.05) is 11.6 Å². The highest BCUT2D eigenvalue weighted by atomic mass is 19.4. The lowest BCUT2D eigenvalue weighted by molar-refractivity contribution is -0.141. The molecule has 0 aliphatic heterocycles. The zero-order valence-electron chi connectivity index (χ0n) is 12.3. The molecule has 0 saturated heterocycles. The summed E-state index contributed by atoms with van der Waals surface area (Å²) in [6.07, 6.45) is -1.85. The first kappa shape index (κ1) is 16.6. The van der Waals surface area contributed by atoms with Gasteiger partial charge in [-0.05, 0) is 30.4 Å². The molecule has 0 radical (unpaired) electrons. The highest BCUT2D eigenvalue weighted by Gasteiger charge is 2.32. The Morgan fingerprint density at radius 1 is 1.13 bits per heavy atom. The summed E-state index contributed by atoms with van der Waals surface area (Å²) < 4.78 is 48.2. The molecule has 2 aromatic rings. The number of nitrogens with one attached hydrogen (secondary N) is 1. The quantitative estimate of drug-likeness (QED) is 0.938. The van der Waals surface area contributed by atoms with Crippen molar-refractivity contribution in [1.82, 2.24) is 9.97 Å². The van der Waals surface area contributed by atoms with E-state index in [1.54, 1.807) is 23.2 Å². The summed E-state index contributed by atoms with van der Waals surface area (Å²) in [5.74, 6) is 1.05. The molecule has 122 valence electrons. The minimum absolute atomic E-state index is 0.112. The topological polar surface area (TPSA) is 64.2 Å². The fourth-order valence-electron chi connectivity index (χ4n) is 1.85. The van der Waals surface area contributed by atoms with E-state index in [1.807, 2.05) is 0 Å². The lowest BCUT2D eigenvalue weighted by Gasteiger charge is -2.08. The zero-order valence-corrected chi connectivity index (χ0v) is 12.3. The Morgan fingerprint density at radius 2 is 1.87 bits per heavy atom. The maximum atomic E-state index is 12.7. The van der Waals surface area contributed by atoms with Crippen molar-refractivity contribution in [2.75, 3.05) is 14.2 Å². The fraction of sp³-hybridized carbons (Fsp3) is 0.200. The normalized spacial score (nSPS) is 11.7. The molecular formula is C15H13F3N2O3. The molecule has 0 saturated carbocycles. The molecular weight excluding hydrogens is 313 g/mol. The van der Waals surface area contributed by atoms with Gasteiger partial charge in [0.2, 0.25) is 0 Å². The summed E-state index contributed by atoms with van der Waals surface area (Å²) in [6.45, 7) is 0.